The second kappa shape index (κ2) is 3.56. The van der Waals surface area contributed by atoms with Gasteiger partial charge in [0.25, 0.3) is 0 Å². The SMILES string of the molecule is CC(C)CC1CCC2(CNC(=O)C2)C1. The summed E-state index contributed by atoms with van der Waals surface area (Å²) in [5.74, 6) is 1.96. The zero-order valence-corrected chi connectivity index (χ0v) is 9.31. The van der Waals surface area contributed by atoms with Gasteiger partial charge in [0, 0.05) is 13.0 Å². The predicted molar refractivity (Wildman–Crippen MR) is 56.9 cm³/mol. The van der Waals surface area contributed by atoms with E-state index in [0.29, 0.717) is 5.41 Å². The maximum atomic E-state index is 11.2. The molecule has 2 heteroatoms. The summed E-state index contributed by atoms with van der Waals surface area (Å²) in [6.45, 7) is 5.53. The fourth-order valence-electron chi connectivity index (χ4n) is 3.27. The Bertz CT molecular complexity index is 236. The first kappa shape index (κ1) is 10.0. The molecule has 2 atom stereocenters. The highest BCUT2D eigenvalue weighted by Gasteiger charge is 2.44. The second-order valence-corrected chi connectivity index (χ2v) is 5.69. The molecule has 1 saturated carbocycles. The van der Waals surface area contributed by atoms with Crippen molar-refractivity contribution >= 4 is 5.91 Å². The smallest absolute Gasteiger partial charge is 0.220 e. The van der Waals surface area contributed by atoms with Gasteiger partial charge in [0.2, 0.25) is 5.91 Å². The standard InChI is InChI=1S/C12H21NO/c1-9(2)5-10-3-4-12(6-10)7-11(14)13-8-12/h9-10H,3-8H2,1-2H3,(H,13,14). The van der Waals surface area contributed by atoms with Crippen LogP contribution in [0.5, 0.6) is 0 Å². The van der Waals surface area contributed by atoms with Gasteiger partial charge in [0.05, 0.1) is 0 Å². The first-order chi connectivity index (χ1) is 6.60. The van der Waals surface area contributed by atoms with E-state index < -0.39 is 0 Å². The van der Waals surface area contributed by atoms with E-state index in [-0.39, 0.29) is 5.91 Å². The average Bonchev–Trinajstić information content (AvgIpc) is 2.60. The lowest BCUT2D eigenvalue weighted by atomic mass is 9.83. The average molecular weight is 195 g/mol. The molecule has 2 nitrogen and oxygen atoms in total. The summed E-state index contributed by atoms with van der Waals surface area (Å²) in [6, 6.07) is 0. The van der Waals surface area contributed by atoms with E-state index >= 15 is 0 Å². The number of nitrogens with one attached hydrogen (secondary N) is 1. The summed E-state index contributed by atoms with van der Waals surface area (Å²) in [4.78, 5) is 11.2. The van der Waals surface area contributed by atoms with Crippen molar-refractivity contribution < 1.29 is 4.79 Å². The highest BCUT2D eigenvalue weighted by atomic mass is 16.1. The van der Waals surface area contributed by atoms with Crippen LogP contribution in [0.15, 0.2) is 0 Å². The Morgan fingerprint density at radius 3 is 2.93 bits per heavy atom. The van der Waals surface area contributed by atoms with Crippen molar-refractivity contribution in [2.45, 2.75) is 46.0 Å². The van der Waals surface area contributed by atoms with Crippen LogP contribution < -0.4 is 5.32 Å². The first-order valence-electron chi connectivity index (χ1n) is 5.86. The molecule has 2 aliphatic rings. The minimum atomic E-state index is 0.273. The maximum absolute atomic E-state index is 11.2. The Hall–Kier alpha value is -0.530. The van der Waals surface area contributed by atoms with Crippen LogP contribution >= 0.6 is 0 Å². The van der Waals surface area contributed by atoms with Crippen LogP contribution in [0.2, 0.25) is 0 Å². The molecule has 0 aromatic heterocycles. The van der Waals surface area contributed by atoms with Crippen LogP contribution in [0.1, 0.15) is 46.0 Å². The third-order valence-corrected chi connectivity index (χ3v) is 3.81. The molecule has 1 heterocycles. The number of rotatable bonds is 2. The molecule has 0 aromatic rings. The Kier molecular flexibility index (Phi) is 2.54. The van der Waals surface area contributed by atoms with Crippen LogP contribution in [0.4, 0.5) is 0 Å². The van der Waals surface area contributed by atoms with Crippen LogP contribution in [0.3, 0.4) is 0 Å². The lowest BCUT2D eigenvalue weighted by Crippen LogP contribution is -2.21. The molecule has 14 heavy (non-hydrogen) atoms. The van der Waals surface area contributed by atoms with Crippen LogP contribution in [-0.4, -0.2) is 12.5 Å². The largest absolute Gasteiger partial charge is 0.356 e. The van der Waals surface area contributed by atoms with Crippen molar-refractivity contribution in [3.63, 3.8) is 0 Å². The van der Waals surface area contributed by atoms with Gasteiger partial charge in [-0.2, -0.15) is 0 Å². The number of hydrogen-bond acceptors (Lipinski definition) is 1. The summed E-state index contributed by atoms with van der Waals surface area (Å²) in [5, 5.41) is 2.99. The monoisotopic (exact) mass is 195 g/mol. The maximum Gasteiger partial charge on any atom is 0.220 e. The fourth-order valence-corrected chi connectivity index (χ4v) is 3.27. The van der Waals surface area contributed by atoms with Crippen molar-refractivity contribution in [1.82, 2.24) is 5.32 Å². The lowest BCUT2D eigenvalue weighted by Gasteiger charge is -2.20. The molecule has 0 aromatic carbocycles. The third kappa shape index (κ3) is 1.94. The third-order valence-electron chi connectivity index (χ3n) is 3.81. The Morgan fingerprint density at radius 1 is 1.57 bits per heavy atom. The van der Waals surface area contributed by atoms with E-state index in [0.717, 1.165) is 24.8 Å². The van der Waals surface area contributed by atoms with Crippen LogP contribution in [0, 0.1) is 17.3 Å². The van der Waals surface area contributed by atoms with Crippen molar-refractivity contribution in [2.24, 2.45) is 17.3 Å². The summed E-state index contributed by atoms with van der Waals surface area (Å²) in [6.07, 6.45) is 6.03. The molecule has 2 unspecified atom stereocenters. The number of carbonyl (C=O) groups is 1. The summed E-state index contributed by atoms with van der Waals surface area (Å²) >= 11 is 0. The van der Waals surface area contributed by atoms with Gasteiger partial charge in [-0.05, 0) is 42.9 Å². The van der Waals surface area contributed by atoms with E-state index in [1.165, 1.54) is 25.7 Å². The van der Waals surface area contributed by atoms with Crippen LogP contribution in [0.25, 0.3) is 0 Å². The molecule has 1 N–H and O–H groups in total. The molecule has 1 aliphatic carbocycles. The molecular weight excluding hydrogens is 174 g/mol. The fraction of sp³-hybridized carbons (Fsp3) is 0.917. The molecule has 2 fully saturated rings. The molecule has 0 radical (unpaired) electrons. The molecule has 0 bridgehead atoms. The van der Waals surface area contributed by atoms with Gasteiger partial charge < -0.3 is 5.32 Å². The van der Waals surface area contributed by atoms with E-state index in [9.17, 15) is 4.79 Å². The number of amides is 1. The molecular formula is C12H21NO. The van der Waals surface area contributed by atoms with E-state index in [4.69, 9.17) is 0 Å². The van der Waals surface area contributed by atoms with Gasteiger partial charge >= 0.3 is 0 Å². The Labute approximate surface area is 86.5 Å². The Balaban J connectivity index is 1.91. The van der Waals surface area contributed by atoms with Gasteiger partial charge in [0.1, 0.15) is 0 Å². The van der Waals surface area contributed by atoms with Crippen molar-refractivity contribution in [2.75, 3.05) is 6.54 Å². The number of hydrogen-bond donors (Lipinski definition) is 1. The zero-order valence-electron chi connectivity index (χ0n) is 9.31. The molecule has 1 aliphatic heterocycles. The molecule has 80 valence electrons. The minimum absolute atomic E-state index is 0.273. The van der Waals surface area contributed by atoms with Gasteiger partial charge in [-0.15, -0.1) is 0 Å². The van der Waals surface area contributed by atoms with Crippen LogP contribution in [-0.2, 0) is 4.79 Å². The normalized spacial score (nSPS) is 37.1. The molecule has 1 spiro atoms. The molecule has 2 rings (SSSR count). The van der Waals surface area contributed by atoms with Crippen molar-refractivity contribution in [3.05, 3.63) is 0 Å². The summed E-state index contributed by atoms with van der Waals surface area (Å²) in [7, 11) is 0. The van der Waals surface area contributed by atoms with Gasteiger partial charge in [-0.25, -0.2) is 0 Å². The highest BCUT2D eigenvalue weighted by molar-refractivity contribution is 5.79. The topological polar surface area (TPSA) is 29.1 Å². The zero-order chi connectivity index (χ0) is 10.2. The summed E-state index contributed by atoms with van der Waals surface area (Å²) < 4.78 is 0. The quantitative estimate of drug-likeness (QED) is 0.720. The van der Waals surface area contributed by atoms with E-state index in [1.54, 1.807) is 0 Å². The molecule has 1 amide bonds. The lowest BCUT2D eigenvalue weighted by molar-refractivity contribution is -0.119. The van der Waals surface area contributed by atoms with Gasteiger partial charge in [0.15, 0.2) is 0 Å². The van der Waals surface area contributed by atoms with Crippen molar-refractivity contribution in [3.8, 4) is 0 Å². The van der Waals surface area contributed by atoms with E-state index in [2.05, 4.69) is 19.2 Å². The molecule has 1 saturated heterocycles. The second-order valence-electron chi connectivity index (χ2n) is 5.69. The first-order valence-corrected chi connectivity index (χ1v) is 5.86. The highest BCUT2D eigenvalue weighted by Crippen LogP contribution is 2.47. The van der Waals surface area contributed by atoms with Crippen molar-refractivity contribution in [1.29, 1.82) is 0 Å². The predicted octanol–water partition coefficient (Wildman–Crippen LogP) is 2.34. The summed E-state index contributed by atoms with van der Waals surface area (Å²) in [5.41, 5.74) is 0.358. The minimum Gasteiger partial charge on any atom is -0.356 e. The van der Waals surface area contributed by atoms with Gasteiger partial charge in [-0.3, -0.25) is 4.79 Å². The number of carbonyl (C=O) groups excluding carboxylic acids is 1. The van der Waals surface area contributed by atoms with E-state index in [1.807, 2.05) is 0 Å². The van der Waals surface area contributed by atoms with Gasteiger partial charge in [-0.1, -0.05) is 13.8 Å². The Morgan fingerprint density at radius 2 is 2.36 bits per heavy atom.